The van der Waals surface area contributed by atoms with Crippen LogP contribution < -0.4 is 0 Å². The Morgan fingerprint density at radius 3 is 2.54 bits per heavy atom. The zero-order valence-corrected chi connectivity index (χ0v) is 8.07. The smallest absolute Gasteiger partial charge is 0.384 e. The van der Waals surface area contributed by atoms with Gasteiger partial charge in [-0.15, -0.1) is 0 Å². The van der Waals surface area contributed by atoms with Gasteiger partial charge in [0.05, 0.1) is 7.11 Å². The number of aliphatic hydroxyl groups is 1. The maximum absolute atomic E-state index is 10.5. The standard InChI is InChI=1S/C10H14O3/c1-8(2)4-5-9(11)6-7-10(12)13-3/h4-5,8-9,11H,1-3H3/b5-4+/t9-/m0/s1. The number of carbonyl (C=O) groups excluding carboxylic acids is 1. The average Bonchev–Trinajstić information content (AvgIpc) is 2.10. The van der Waals surface area contributed by atoms with Crippen LogP contribution in [0.25, 0.3) is 0 Å². The first kappa shape index (κ1) is 11.7. The molecule has 0 aliphatic carbocycles. The minimum absolute atomic E-state index is 0.356. The van der Waals surface area contributed by atoms with Gasteiger partial charge in [0.1, 0.15) is 6.10 Å². The van der Waals surface area contributed by atoms with Crippen molar-refractivity contribution in [2.75, 3.05) is 7.11 Å². The zero-order valence-electron chi connectivity index (χ0n) is 8.07. The number of hydrogen-bond acceptors (Lipinski definition) is 3. The predicted molar refractivity (Wildman–Crippen MR) is 49.8 cm³/mol. The van der Waals surface area contributed by atoms with Crippen LogP contribution in [-0.4, -0.2) is 24.3 Å². The van der Waals surface area contributed by atoms with E-state index >= 15 is 0 Å². The summed E-state index contributed by atoms with van der Waals surface area (Å²) in [6, 6.07) is 0. The summed E-state index contributed by atoms with van der Waals surface area (Å²) >= 11 is 0. The first-order chi connectivity index (χ1) is 6.06. The van der Waals surface area contributed by atoms with Crippen molar-refractivity contribution in [1.29, 1.82) is 0 Å². The molecular formula is C10H14O3. The molecule has 13 heavy (non-hydrogen) atoms. The quantitative estimate of drug-likeness (QED) is 0.296. The molecule has 1 N–H and O–H groups in total. The summed E-state index contributed by atoms with van der Waals surface area (Å²) in [6.45, 7) is 3.97. The molecule has 0 aromatic heterocycles. The van der Waals surface area contributed by atoms with Crippen LogP contribution in [0.5, 0.6) is 0 Å². The molecule has 3 nitrogen and oxygen atoms in total. The highest BCUT2D eigenvalue weighted by Crippen LogP contribution is 1.95. The van der Waals surface area contributed by atoms with Gasteiger partial charge in [-0.2, -0.15) is 0 Å². The molecule has 0 saturated carbocycles. The van der Waals surface area contributed by atoms with E-state index in [1.54, 1.807) is 6.08 Å². The third-order valence-electron chi connectivity index (χ3n) is 1.19. The summed E-state index contributed by atoms with van der Waals surface area (Å²) in [6.07, 6.45) is 2.46. The van der Waals surface area contributed by atoms with Gasteiger partial charge in [-0.3, -0.25) is 0 Å². The maximum Gasteiger partial charge on any atom is 0.384 e. The fraction of sp³-hybridized carbons (Fsp3) is 0.500. The van der Waals surface area contributed by atoms with Gasteiger partial charge in [0.25, 0.3) is 0 Å². The summed E-state index contributed by atoms with van der Waals surface area (Å²) in [7, 11) is 1.24. The third-order valence-corrected chi connectivity index (χ3v) is 1.19. The van der Waals surface area contributed by atoms with Crippen LogP contribution in [0.2, 0.25) is 0 Å². The van der Waals surface area contributed by atoms with Gasteiger partial charge >= 0.3 is 5.97 Å². The molecule has 0 spiro atoms. The number of aliphatic hydroxyl groups excluding tert-OH is 1. The SMILES string of the molecule is COC(=O)C#C[C@@H](O)/C=C/C(C)C. The minimum atomic E-state index is -0.901. The van der Waals surface area contributed by atoms with E-state index in [1.807, 2.05) is 19.9 Å². The molecule has 0 unspecified atom stereocenters. The van der Waals surface area contributed by atoms with Gasteiger partial charge in [0, 0.05) is 5.92 Å². The molecule has 0 aromatic rings. The Kier molecular flexibility index (Phi) is 5.66. The lowest BCUT2D eigenvalue weighted by Crippen LogP contribution is -2.01. The lowest BCUT2D eigenvalue weighted by Gasteiger charge is -1.95. The summed E-state index contributed by atoms with van der Waals surface area (Å²) < 4.78 is 4.28. The van der Waals surface area contributed by atoms with Crippen LogP contribution in [0.4, 0.5) is 0 Å². The van der Waals surface area contributed by atoms with Crippen LogP contribution in [0.3, 0.4) is 0 Å². The molecule has 0 aliphatic rings. The van der Waals surface area contributed by atoms with Crippen LogP contribution >= 0.6 is 0 Å². The number of ether oxygens (including phenoxy) is 1. The fourth-order valence-electron chi connectivity index (χ4n) is 0.559. The van der Waals surface area contributed by atoms with Crippen molar-refractivity contribution in [2.24, 2.45) is 5.92 Å². The highest BCUT2D eigenvalue weighted by Gasteiger charge is 1.94. The Bertz CT molecular complexity index is 243. The number of esters is 1. The van der Waals surface area contributed by atoms with Gasteiger partial charge in [-0.25, -0.2) is 4.79 Å². The minimum Gasteiger partial charge on any atom is -0.459 e. The van der Waals surface area contributed by atoms with E-state index in [9.17, 15) is 9.90 Å². The number of hydrogen-bond donors (Lipinski definition) is 1. The topological polar surface area (TPSA) is 46.5 Å². The molecule has 0 heterocycles. The van der Waals surface area contributed by atoms with Crippen LogP contribution in [0.1, 0.15) is 13.8 Å². The summed E-state index contributed by atoms with van der Waals surface area (Å²) in [4.78, 5) is 10.5. The molecule has 3 heteroatoms. The Morgan fingerprint density at radius 2 is 2.08 bits per heavy atom. The molecular weight excluding hydrogens is 168 g/mol. The number of carbonyl (C=O) groups is 1. The fourth-order valence-corrected chi connectivity index (χ4v) is 0.559. The van der Waals surface area contributed by atoms with Crippen molar-refractivity contribution in [1.82, 2.24) is 0 Å². The summed E-state index contributed by atoms with van der Waals surface area (Å²) in [5.74, 6) is 4.19. The normalized spacial score (nSPS) is 12.4. The monoisotopic (exact) mass is 182 g/mol. The molecule has 0 rings (SSSR count). The predicted octanol–water partition coefficient (Wildman–Crippen LogP) is 0.736. The van der Waals surface area contributed by atoms with Crippen LogP contribution in [-0.2, 0) is 9.53 Å². The van der Waals surface area contributed by atoms with Crippen molar-refractivity contribution in [2.45, 2.75) is 20.0 Å². The number of rotatable bonds is 2. The number of allylic oxidation sites excluding steroid dienone is 1. The van der Waals surface area contributed by atoms with Crippen LogP contribution in [0.15, 0.2) is 12.2 Å². The van der Waals surface area contributed by atoms with Gasteiger partial charge in [-0.1, -0.05) is 25.8 Å². The highest BCUT2D eigenvalue weighted by atomic mass is 16.5. The molecule has 0 amide bonds. The van der Waals surface area contributed by atoms with Gasteiger partial charge in [0.15, 0.2) is 0 Å². The lowest BCUT2D eigenvalue weighted by atomic mass is 10.2. The Labute approximate surface area is 78.4 Å². The molecule has 0 radical (unpaired) electrons. The largest absolute Gasteiger partial charge is 0.459 e. The van der Waals surface area contributed by atoms with E-state index in [1.165, 1.54) is 7.11 Å². The van der Waals surface area contributed by atoms with Crippen LogP contribution in [0, 0.1) is 17.8 Å². The third kappa shape index (κ3) is 7.10. The Morgan fingerprint density at radius 1 is 1.46 bits per heavy atom. The van der Waals surface area contributed by atoms with Crippen molar-refractivity contribution in [3.63, 3.8) is 0 Å². The van der Waals surface area contributed by atoms with Crippen molar-refractivity contribution in [3.8, 4) is 11.8 Å². The van der Waals surface area contributed by atoms with Crippen molar-refractivity contribution in [3.05, 3.63) is 12.2 Å². The van der Waals surface area contributed by atoms with E-state index < -0.39 is 12.1 Å². The molecule has 0 aromatic carbocycles. The zero-order chi connectivity index (χ0) is 10.3. The van der Waals surface area contributed by atoms with Crippen molar-refractivity contribution < 1.29 is 14.6 Å². The van der Waals surface area contributed by atoms with Gasteiger partial charge in [0.2, 0.25) is 0 Å². The Hall–Kier alpha value is -1.27. The molecule has 0 saturated heterocycles. The lowest BCUT2D eigenvalue weighted by molar-refractivity contribution is -0.133. The maximum atomic E-state index is 10.5. The average molecular weight is 182 g/mol. The highest BCUT2D eigenvalue weighted by molar-refractivity contribution is 5.88. The van der Waals surface area contributed by atoms with Crippen molar-refractivity contribution >= 4 is 5.97 Å². The second kappa shape index (κ2) is 6.27. The van der Waals surface area contributed by atoms with E-state index in [-0.39, 0.29) is 0 Å². The van der Waals surface area contributed by atoms with Gasteiger partial charge in [-0.05, 0) is 12.0 Å². The molecule has 72 valence electrons. The summed E-state index contributed by atoms with van der Waals surface area (Å²) in [5.41, 5.74) is 0. The molecule has 1 atom stereocenters. The van der Waals surface area contributed by atoms with E-state index in [4.69, 9.17) is 0 Å². The van der Waals surface area contributed by atoms with Gasteiger partial charge < -0.3 is 9.84 Å². The Balaban J connectivity index is 4.04. The first-order valence-corrected chi connectivity index (χ1v) is 4.02. The summed E-state index contributed by atoms with van der Waals surface area (Å²) in [5, 5.41) is 9.17. The molecule has 0 bridgehead atoms. The second-order valence-electron chi connectivity index (χ2n) is 2.83. The number of methoxy groups -OCH3 is 1. The second-order valence-corrected chi connectivity index (χ2v) is 2.83. The molecule has 0 aliphatic heterocycles. The van der Waals surface area contributed by atoms with E-state index in [0.717, 1.165) is 0 Å². The first-order valence-electron chi connectivity index (χ1n) is 4.02. The molecule has 0 fully saturated rings. The van der Waals surface area contributed by atoms with E-state index in [2.05, 4.69) is 16.6 Å². The van der Waals surface area contributed by atoms with E-state index in [0.29, 0.717) is 5.92 Å².